The monoisotopic (exact) mass is 377 g/mol. The van der Waals surface area contributed by atoms with E-state index in [1.165, 1.54) is 6.07 Å². The lowest BCUT2D eigenvalue weighted by Crippen LogP contribution is -2.38. The smallest absolute Gasteiger partial charge is 0.191 e. The van der Waals surface area contributed by atoms with Gasteiger partial charge in [-0.15, -0.1) is 0 Å². The molecule has 0 aromatic heterocycles. The van der Waals surface area contributed by atoms with Crippen molar-refractivity contribution in [3.05, 3.63) is 59.2 Å². The number of ether oxygens (including phenoxy) is 2. The Labute approximate surface area is 158 Å². The Bertz CT molecular complexity index is 797. The van der Waals surface area contributed by atoms with Crippen LogP contribution in [0.2, 0.25) is 0 Å². The van der Waals surface area contributed by atoms with Crippen LogP contribution in [0.5, 0.6) is 11.5 Å². The number of aliphatic imine (C=N–C) groups is 1. The molecular weight excluding hydrogens is 352 g/mol. The fraction of sp³-hybridized carbons (Fsp3) is 0.350. The molecule has 0 radical (unpaired) electrons. The second-order valence-electron chi connectivity index (χ2n) is 5.88. The second kappa shape index (κ2) is 9.75. The van der Waals surface area contributed by atoms with Crippen molar-refractivity contribution >= 4 is 5.96 Å². The maximum Gasteiger partial charge on any atom is 0.191 e. The molecule has 2 rings (SSSR count). The number of nitrogens with one attached hydrogen (secondary N) is 2. The van der Waals surface area contributed by atoms with E-state index in [0.717, 1.165) is 11.6 Å². The van der Waals surface area contributed by atoms with Crippen LogP contribution in [0.3, 0.4) is 0 Å². The minimum absolute atomic E-state index is 0.249. The number of hydrogen-bond acceptors (Lipinski definition) is 3. The SMILES string of the molecule is CCOc1cc(CNC(=NC)NC(C)c2ccc(F)c(F)c2)ccc1OC. The van der Waals surface area contributed by atoms with Gasteiger partial charge in [0.05, 0.1) is 19.8 Å². The molecule has 7 heteroatoms. The van der Waals surface area contributed by atoms with E-state index in [2.05, 4.69) is 15.6 Å². The van der Waals surface area contributed by atoms with Gasteiger partial charge in [-0.05, 0) is 49.2 Å². The van der Waals surface area contributed by atoms with Gasteiger partial charge >= 0.3 is 0 Å². The van der Waals surface area contributed by atoms with E-state index in [1.54, 1.807) is 20.2 Å². The molecule has 0 bridgehead atoms. The Balaban J connectivity index is 2.01. The van der Waals surface area contributed by atoms with Gasteiger partial charge in [-0.1, -0.05) is 12.1 Å². The van der Waals surface area contributed by atoms with Crippen LogP contribution in [0.25, 0.3) is 0 Å². The Morgan fingerprint density at radius 1 is 1.11 bits per heavy atom. The Hall–Kier alpha value is -2.83. The van der Waals surface area contributed by atoms with Crippen molar-refractivity contribution in [2.75, 3.05) is 20.8 Å². The third kappa shape index (κ3) is 5.57. The Morgan fingerprint density at radius 2 is 1.89 bits per heavy atom. The van der Waals surface area contributed by atoms with Crippen LogP contribution in [0.4, 0.5) is 8.78 Å². The zero-order chi connectivity index (χ0) is 19.8. The third-order valence-electron chi connectivity index (χ3n) is 4.01. The van der Waals surface area contributed by atoms with Crippen molar-refractivity contribution in [2.45, 2.75) is 26.4 Å². The lowest BCUT2D eigenvalue weighted by Gasteiger charge is -2.19. The number of benzene rings is 2. The Kier molecular flexibility index (Phi) is 7.40. The molecule has 1 unspecified atom stereocenters. The summed E-state index contributed by atoms with van der Waals surface area (Å²) in [7, 11) is 3.24. The maximum absolute atomic E-state index is 13.4. The fourth-order valence-corrected chi connectivity index (χ4v) is 2.55. The van der Waals surface area contributed by atoms with Crippen molar-refractivity contribution in [1.82, 2.24) is 10.6 Å². The molecule has 0 aliphatic rings. The number of guanidine groups is 1. The third-order valence-corrected chi connectivity index (χ3v) is 4.01. The van der Waals surface area contributed by atoms with Gasteiger partial charge in [-0.2, -0.15) is 0 Å². The average Bonchev–Trinajstić information content (AvgIpc) is 2.67. The van der Waals surface area contributed by atoms with Gasteiger partial charge in [-0.25, -0.2) is 8.78 Å². The minimum Gasteiger partial charge on any atom is -0.493 e. The quantitative estimate of drug-likeness (QED) is 0.569. The molecule has 0 saturated heterocycles. The van der Waals surface area contributed by atoms with E-state index in [4.69, 9.17) is 9.47 Å². The highest BCUT2D eigenvalue weighted by Gasteiger charge is 2.11. The number of halogens is 2. The summed E-state index contributed by atoms with van der Waals surface area (Å²) in [6.45, 7) is 4.81. The van der Waals surface area contributed by atoms with Gasteiger partial charge in [0.1, 0.15) is 0 Å². The summed E-state index contributed by atoms with van der Waals surface area (Å²) in [6.07, 6.45) is 0. The summed E-state index contributed by atoms with van der Waals surface area (Å²) in [6, 6.07) is 9.27. The van der Waals surface area contributed by atoms with E-state index in [0.29, 0.717) is 36.2 Å². The van der Waals surface area contributed by atoms with Crippen molar-refractivity contribution in [3.8, 4) is 11.5 Å². The molecule has 0 aliphatic heterocycles. The normalized spacial score (nSPS) is 12.4. The summed E-state index contributed by atoms with van der Waals surface area (Å²) in [4.78, 5) is 4.17. The molecule has 2 aromatic carbocycles. The van der Waals surface area contributed by atoms with Gasteiger partial charge in [0, 0.05) is 13.6 Å². The predicted octanol–water partition coefficient (Wildman–Crippen LogP) is 3.80. The van der Waals surface area contributed by atoms with Crippen molar-refractivity contribution < 1.29 is 18.3 Å². The molecule has 0 fully saturated rings. The van der Waals surface area contributed by atoms with E-state index in [-0.39, 0.29) is 6.04 Å². The van der Waals surface area contributed by atoms with Crippen LogP contribution in [0.1, 0.15) is 31.0 Å². The summed E-state index contributed by atoms with van der Waals surface area (Å²) in [5, 5.41) is 6.35. The molecule has 2 aromatic rings. The van der Waals surface area contributed by atoms with Crippen LogP contribution in [0, 0.1) is 11.6 Å². The van der Waals surface area contributed by atoms with Gasteiger partial charge in [0.25, 0.3) is 0 Å². The topological polar surface area (TPSA) is 54.9 Å². The number of rotatable bonds is 7. The molecule has 0 spiro atoms. The fourth-order valence-electron chi connectivity index (χ4n) is 2.55. The lowest BCUT2D eigenvalue weighted by molar-refractivity contribution is 0.310. The van der Waals surface area contributed by atoms with E-state index in [9.17, 15) is 8.78 Å². The van der Waals surface area contributed by atoms with Crippen LogP contribution in [-0.4, -0.2) is 26.7 Å². The summed E-state index contributed by atoms with van der Waals surface area (Å²) >= 11 is 0. The van der Waals surface area contributed by atoms with Crippen molar-refractivity contribution in [1.29, 1.82) is 0 Å². The molecule has 146 valence electrons. The van der Waals surface area contributed by atoms with E-state index in [1.807, 2.05) is 32.0 Å². The molecule has 0 amide bonds. The van der Waals surface area contributed by atoms with E-state index < -0.39 is 11.6 Å². The first-order chi connectivity index (χ1) is 13.0. The first kappa shape index (κ1) is 20.5. The lowest BCUT2D eigenvalue weighted by atomic mass is 10.1. The highest BCUT2D eigenvalue weighted by atomic mass is 19.2. The van der Waals surface area contributed by atoms with Crippen LogP contribution in [-0.2, 0) is 6.54 Å². The predicted molar refractivity (Wildman–Crippen MR) is 102 cm³/mol. The van der Waals surface area contributed by atoms with Gasteiger partial charge in [-0.3, -0.25) is 4.99 Å². The Morgan fingerprint density at radius 3 is 2.52 bits per heavy atom. The van der Waals surface area contributed by atoms with Gasteiger partial charge in [0.15, 0.2) is 29.1 Å². The largest absolute Gasteiger partial charge is 0.493 e. The summed E-state index contributed by atoms with van der Waals surface area (Å²) in [5.41, 5.74) is 1.61. The highest BCUT2D eigenvalue weighted by molar-refractivity contribution is 5.80. The molecule has 2 N–H and O–H groups in total. The molecule has 5 nitrogen and oxygen atoms in total. The van der Waals surface area contributed by atoms with Crippen molar-refractivity contribution in [3.63, 3.8) is 0 Å². The molecular formula is C20H25F2N3O2. The zero-order valence-electron chi connectivity index (χ0n) is 16.0. The van der Waals surface area contributed by atoms with E-state index >= 15 is 0 Å². The van der Waals surface area contributed by atoms with Crippen molar-refractivity contribution in [2.24, 2.45) is 4.99 Å². The zero-order valence-corrected chi connectivity index (χ0v) is 16.0. The number of hydrogen-bond donors (Lipinski definition) is 2. The molecule has 0 saturated carbocycles. The number of methoxy groups -OCH3 is 1. The standard InChI is InChI=1S/C20H25F2N3O2/c1-5-27-19-10-14(6-9-18(19)26-4)12-24-20(23-3)25-13(2)15-7-8-16(21)17(22)11-15/h6-11,13H,5,12H2,1-4H3,(H2,23,24,25). The molecule has 27 heavy (non-hydrogen) atoms. The summed E-state index contributed by atoms with van der Waals surface area (Å²) < 4.78 is 37.4. The first-order valence-corrected chi connectivity index (χ1v) is 8.70. The summed E-state index contributed by atoms with van der Waals surface area (Å²) in [5.74, 6) is 0.164. The average molecular weight is 377 g/mol. The minimum atomic E-state index is -0.870. The first-order valence-electron chi connectivity index (χ1n) is 8.70. The van der Waals surface area contributed by atoms with Gasteiger partial charge < -0.3 is 20.1 Å². The molecule has 0 aliphatic carbocycles. The van der Waals surface area contributed by atoms with Crippen LogP contribution >= 0.6 is 0 Å². The van der Waals surface area contributed by atoms with Crippen LogP contribution in [0.15, 0.2) is 41.4 Å². The van der Waals surface area contributed by atoms with Crippen LogP contribution < -0.4 is 20.1 Å². The maximum atomic E-state index is 13.4. The molecule has 1 atom stereocenters. The molecule has 0 heterocycles. The van der Waals surface area contributed by atoms with Gasteiger partial charge in [0.2, 0.25) is 0 Å². The second-order valence-corrected chi connectivity index (χ2v) is 5.88. The number of nitrogens with zero attached hydrogens (tertiary/aromatic N) is 1. The highest BCUT2D eigenvalue weighted by Crippen LogP contribution is 2.28.